The van der Waals surface area contributed by atoms with Crippen LogP contribution in [0.2, 0.25) is 0 Å². The molecule has 0 atom stereocenters. The maximum Gasteiger partial charge on any atom is 0.227 e. The van der Waals surface area contributed by atoms with Crippen molar-refractivity contribution in [2.24, 2.45) is 0 Å². The van der Waals surface area contributed by atoms with E-state index >= 15 is 0 Å². The standard InChI is InChI=1S/C23H23N7O2/c31-16-21-15-25-28-30(21)19-6-4-18(5-7-19)26-23-24-9-8-22(27-23)17-2-1-3-20(14-17)29-10-12-32-13-11-29/h1-9,14-15,31H,10-13,16H2,(H,24,26,27). The number of aliphatic hydroxyl groups excluding tert-OH is 1. The number of hydrogen-bond donors (Lipinski definition) is 2. The number of nitrogens with one attached hydrogen (secondary N) is 1. The summed E-state index contributed by atoms with van der Waals surface area (Å²) >= 11 is 0. The second-order valence-corrected chi connectivity index (χ2v) is 7.38. The Morgan fingerprint density at radius 3 is 2.66 bits per heavy atom. The van der Waals surface area contributed by atoms with Gasteiger partial charge in [0.25, 0.3) is 0 Å². The van der Waals surface area contributed by atoms with E-state index in [-0.39, 0.29) is 6.61 Å². The van der Waals surface area contributed by atoms with E-state index in [9.17, 15) is 5.11 Å². The van der Waals surface area contributed by atoms with Crippen LogP contribution in [0.5, 0.6) is 0 Å². The number of aromatic nitrogens is 5. The van der Waals surface area contributed by atoms with Gasteiger partial charge in [0.1, 0.15) is 0 Å². The molecule has 32 heavy (non-hydrogen) atoms. The molecule has 3 heterocycles. The van der Waals surface area contributed by atoms with Crippen LogP contribution in [0.3, 0.4) is 0 Å². The molecular formula is C23H23N7O2. The minimum atomic E-state index is -0.125. The van der Waals surface area contributed by atoms with Crippen molar-refractivity contribution in [3.63, 3.8) is 0 Å². The van der Waals surface area contributed by atoms with Crippen molar-refractivity contribution >= 4 is 17.3 Å². The van der Waals surface area contributed by atoms with E-state index in [4.69, 9.17) is 9.72 Å². The van der Waals surface area contributed by atoms with Crippen LogP contribution in [-0.2, 0) is 11.3 Å². The summed E-state index contributed by atoms with van der Waals surface area (Å²) < 4.78 is 7.06. The maximum absolute atomic E-state index is 9.39. The lowest BCUT2D eigenvalue weighted by atomic mass is 10.1. The van der Waals surface area contributed by atoms with E-state index < -0.39 is 0 Å². The molecular weight excluding hydrogens is 406 g/mol. The van der Waals surface area contributed by atoms with E-state index in [1.807, 2.05) is 30.3 Å². The molecule has 5 rings (SSSR count). The van der Waals surface area contributed by atoms with E-state index in [0.717, 1.165) is 48.9 Å². The van der Waals surface area contributed by atoms with Crippen molar-refractivity contribution in [1.82, 2.24) is 25.0 Å². The molecule has 0 bridgehead atoms. The molecule has 0 aliphatic carbocycles. The third-order valence-electron chi connectivity index (χ3n) is 5.32. The summed E-state index contributed by atoms with van der Waals surface area (Å²) in [5, 5.41) is 20.5. The zero-order valence-corrected chi connectivity index (χ0v) is 17.4. The predicted octanol–water partition coefficient (Wildman–Crippen LogP) is 2.80. The molecule has 9 heteroatoms. The topological polar surface area (TPSA) is 101 Å². The van der Waals surface area contributed by atoms with Crippen LogP contribution in [0.15, 0.2) is 67.0 Å². The number of aliphatic hydroxyl groups is 1. The van der Waals surface area contributed by atoms with Gasteiger partial charge in [-0.1, -0.05) is 17.3 Å². The molecule has 0 unspecified atom stereocenters. The molecule has 0 saturated carbocycles. The molecule has 0 spiro atoms. The summed E-state index contributed by atoms with van der Waals surface area (Å²) in [6.07, 6.45) is 3.29. The van der Waals surface area contributed by atoms with Gasteiger partial charge in [0.05, 0.1) is 43.1 Å². The third kappa shape index (κ3) is 4.29. The van der Waals surface area contributed by atoms with Gasteiger partial charge in [-0.25, -0.2) is 14.6 Å². The van der Waals surface area contributed by atoms with E-state index in [1.54, 1.807) is 17.1 Å². The monoisotopic (exact) mass is 429 g/mol. The fourth-order valence-corrected chi connectivity index (χ4v) is 3.66. The number of rotatable bonds is 6. The molecule has 9 nitrogen and oxygen atoms in total. The summed E-state index contributed by atoms with van der Waals surface area (Å²) in [5.41, 5.74) is 5.35. The number of benzene rings is 2. The van der Waals surface area contributed by atoms with Crippen molar-refractivity contribution in [3.05, 3.63) is 72.7 Å². The van der Waals surface area contributed by atoms with Gasteiger partial charge < -0.3 is 20.1 Å². The normalized spacial score (nSPS) is 13.8. The minimum absolute atomic E-state index is 0.125. The highest BCUT2D eigenvalue weighted by molar-refractivity contribution is 5.67. The first kappa shape index (κ1) is 20.1. The van der Waals surface area contributed by atoms with Crippen molar-refractivity contribution in [2.45, 2.75) is 6.61 Å². The molecule has 2 aromatic heterocycles. The fraction of sp³-hybridized carbons (Fsp3) is 0.217. The highest BCUT2D eigenvalue weighted by Crippen LogP contribution is 2.25. The van der Waals surface area contributed by atoms with E-state index in [1.165, 1.54) is 5.69 Å². The average Bonchev–Trinajstić information content (AvgIpc) is 3.34. The third-order valence-corrected chi connectivity index (χ3v) is 5.32. The van der Waals surface area contributed by atoms with Crippen LogP contribution in [0, 0.1) is 0 Å². The summed E-state index contributed by atoms with van der Waals surface area (Å²) in [6, 6.07) is 17.9. The highest BCUT2D eigenvalue weighted by Gasteiger charge is 2.12. The first-order chi connectivity index (χ1) is 15.8. The Hall–Kier alpha value is -3.82. The first-order valence-corrected chi connectivity index (χ1v) is 10.4. The van der Waals surface area contributed by atoms with E-state index in [0.29, 0.717) is 11.6 Å². The second-order valence-electron chi connectivity index (χ2n) is 7.38. The molecule has 1 aliphatic heterocycles. The molecule has 1 fully saturated rings. The number of hydrogen-bond acceptors (Lipinski definition) is 8. The molecule has 0 amide bonds. The molecule has 1 saturated heterocycles. The van der Waals surface area contributed by atoms with Gasteiger partial charge in [0.2, 0.25) is 5.95 Å². The fourth-order valence-electron chi connectivity index (χ4n) is 3.66. The van der Waals surface area contributed by atoms with Gasteiger partial charge >= 0.3 is 0 Å². The van der Waals surface area contributed by atoms with Crippen LogP contribution in [0.4, 0.5) is 17.3 Å². The number of morpholine rings is 1. The van der Waals surface area contributed by atoms with E-state index in [2.05, 4.69) is 49.8 Å². The zero-order valence-electron chi connectivity index (χ0n) is 17.4. The largest absolute Gasteiger partial charge is 0.390 e. The lowest BCUT2D eigenvalue weighted by Gasteiger charge is -2.29. The number of anilines is 3. The lowest BCUT2D eigenvalue weighted by Crippen LogP contribution is -2.36. The maximum atomic E-state index is 9.39. The summed E-state index contributed by atoms with van der Waals surface area (Å²) in [5.74, 6) is 0.517. The summed E-state index contributed by atoms with van der Waals surface area (Å²) in [6.45, 7) is 3.17. The Kier molecular flexibility index (Phi) is 5.73. The number of nitrogens with zero attached hydrogens (tertiary/aromatic N) is 6. The van der Waals surface area contributed by atoms with Gasteiger partial charge in [-0.2, -0.15) is 0 Å². The van der Waals surface area contributed by atoms with Crippen molar-refractivity contribution in [1.29, 1.82) is 0 Å². The van der Waals surface area contributed by atoms with Gasteiger partial charge in [0, 0.05) is 36.2 Å². The van der Waals surface area contributed by atoms with Gasteiger partial charge in [-0.15, -0.1) is 5.10 Å². The average molecular weight is 429 g/mol. The smallest absolute Gasteiger partial charge is 0.227 e. The number of ether oxygens (including phenoxy) is 1. The SMILES string of the molecule is OCc1cnnn1-c1ccc(Nc2nccc(-c3cccc(N4CCOCC4)c3)n2)cc1. The van der Waals surface area contributed by atoms with Crippen molar-refractivity contribution < 1.29 is 9.84 Å². The van der Waals surface area contributed by atoms with Crippen LogP contribution >= 0.6 is 0 Å². The Bertz CT molecular complexity index is 1190. The highest BCUT2D eigenvalue weighted by atomic mass is 16.5. The zero-order chi connectivity index (χ0) is 21.8. The Morgan fingerprint density at radius 2 is 1.84 bits per heavy atom. The van der Waals surface area contributed by atoms with Gasteiger partial charge in [0.15, 0.2) is 0 Å². The molecule has 4 aromatic rings. The Labute approximate surface area is 185 Å². The van der Waals surface area contributed by atoms with Gasteiger partial charge in [-0.3, -0.25) is 0 Å². The van der Waals surface area contributed by atoms with Gasteiger partial charge in [-0.05, 0) is 42.5 Å². The van der Waals surface area contributed by atoms with Crippen LogP contribution in [0.25, 0.3) is 16.9 Å². The summed E-state index contributed by atoms with van der Waals surface area (Å²) in [4.78, 5) is 11.4. The predicted molar refractivity (Wildman–Crippen MR) is 121 cm³/mol. The molecule has 2 aromatic carbocycles. The Morgan fingerprint density at radius 1 is 1.00 bits per heavy atom. The van der Waals surface area contributed by atoms with Crippen molar-refractivity contribution in [3.8, 4) is 16.9 Å². The second kappa shape index (κ2) is 9.13. The summed E-state index contributed by atoms with van der Waals surface area (Å²) in [7, 11) is 0. The molecule has 1 aliphatic rings. The van der Waals surface area contributed by atoms with Crippen molar-refractivity contribution in [2.75, 3.05) is 36.5 Å². The van der Waals surface area contributed by atoms with Crippen LogP contribution < -0.4 is 10.2 Å². The quantitative estimate of drug-likeness (QED) is 0.483. The Balaban J connectivity index is 1.33. The lowest BCUT2D eigenvalue weighted by molar-refractivity contribution is 0.122. The first-order valence-electron chi connectivity index (χ1n) is 10.4. The molecule has 162 valence electrons. The molecule has 2 N–H and O–H groups in total. The minimum Gasteiger partial charge on any atom is -0.390 e. The van der Waals surface area contributed by atoms with Crippen LogP contribution in [0.1, 0.15) is 5.69 Å². The van der Waals surface area contributed by atoms with Crippen LogP contribution in [-0.4, -0.2) is 56.4 Å². The molecule has 0 radical (unpaired) electrons.